The van der Waals surface area contributed by atoms with Crippen molar-refractivity contribution in [2.75, 3.05) is 38.3 Å². The van der Waals surface area contributed by atoms with Crippen molar-refractivity contribution in [3.63, 3.8) is 0 Å². The van der Waals surface area contributed by atoms with Gasteiger partial charge in [-0.25, -0.2) is 18.0 Å². The summed E-state index contributed by atoms with van der Waals surface area (Å²) in [7, 11) is -2.93. The molecule has 0 aliphatic carbocycles. The molecule has 0 spiro atoms. The molecule has 2 aromatic carbocycles. The van der Waals surface area contributed by atoms with E-state index in [0.717, 1.165) is 5.56 Å². The number of carbonyl (C=O) groups is 2. The fourth-order valence-corrected chi connectivity index (χ4v) is 8.68. The van der Waals surface area contributed by atoms with E-state index in [2.05, 4.69) is 11.4 Å². The Morgan fingerprint density at radius 2 is 1.78 bits per heavy atom. The first-order valence-electron chi connectivity index (χ1n) is 17.3. The van der Waals surface area contributed by atoms with Crippen molar-refractivity contribution in [1.29, 1.82) is 5.26 Å². The number of hydrogen-bond acceptors (Lipinski definition) is 9. The third-order valence-electron chi connectivity index (χ3n) is 9.55. The summed E-state index contributed by atoms with van der Waals surface area (Å²) < 4.78 is 48.2. The van der Waals surface area contributed by atoms with Gasteiger partial charge in [-0.1, -0.05) is 50.2 Å². The SMILES string of the molecule is CN(C(=O)OC(C)(C)C)c1cccc(S(=O)(=O)N(CC(C)(C)CCCC#N)C[C@@](O)([C@H](Cc2ccccc2)NC(=O)O)[C@H]2CO[C@H]3OCC[C@H]32)c1. The van der Waals surface area contributed by atoms with Crippen molar-refractivity contribution in [3.8, 4) is 6.07 Å². The zero-order valence-electron chi connectivity index (χ0n) is 30.4. The number of nitriles is 1. The highest BCUT2D eigenvalue weighted by Crippen LogP contribution is 2.44. The van der Waals surface area contributed by atoms with Crippen LogP contribution in [0.2, 0.25) is 0 Å². The summed E-state index contributed by atoms with van der Waals surface area (Å²) in [6.45, 7) is 8.89. The molecule has 2 aromatic rings. The molecular weight excluding hydrogens is 676 g/mol. The molecule has 2 aliphatic rings. The summed E-state index contributed by atoms with van der Waals surface area (Å²) >= 11 is 0. The zero-order valence-corrected chi connectivity index (χ0v) is 31.2. The molecule has 2 fully saturated rings. The predicted molar refractivity (Wildman–Crippen MR) is 190 cm³/mol. The average Bonchev–Trinajstić information content (AvgIpc) is 3.68. The molecule has 2 saturated heterocycles. The summed E-state index contributed by atoms with van der Waals surface area (Å²) in [5.41, 5.74) is -2.38. The number of unbranched alkanes of at least 4 members (excludes halogenated alkanes) is 1. The topological polar surface area (TPSA) is 179 Å². The van der Waals surface area contributed by atoms with Crippen LogP contribution in [0.25, 0.3) is 0 Å². The number of carboxylic acid groups (broad SMARTS) is 1. The van der Waals surface area contributed by atoms with Gasteiger partial charge in [0.05, 0.1) is 30.2 Å². The highest BCUT2D eigenvalue weighted by Gasteiger charge is 2.56. The first kappa shape index (κ1) is 40.0. The van der Waals surface area contributed by atoms with E-state index >= 15 is 0 Å². The molecule has 280 valence electrons. The number of nitrogens with zero attached hydrogens (tertiary/aromatic N) is 3. The zero-order chi connectivity index (χ0) is 37.6. The third kappa shape index (κ3) is 10.2. The van der Waals surface area contributed by atoms with Crippen molar-refractivity contribution < 1.29 is 42.4 Å². The number of ether oxygens (including phenoxy) is 3. The van der Waals surface area contributed by atoms with Gasteiger partial charge in [0.15, 0.2) is 6.29 Å². The Hall–Kier alpha value is -3.74. The second kappa shape index (κ2) is 16.3. The Labute approximate surface area is 301 Å². The number of amides is 2. The fourth-order valence-electron chi connectivity index (χ4n) is 6.97. The Morgan fingerprint density at radius 3 is 2.43 bits per heavy atom. The van der Waals surface area contributed by atoms with Crippen LogP contribution in [0.15, 0.2) is 59.5 Å². The number of carbonyl (C=O) groups excluding carboxylic acids is 1. The molecule has 5 atom stereocenters. The Balaban J connectivity index is 1.83. The predicted octanol–water partition coefficient (Wildman–Crippen LogP) is 5.39. The molecule has 2 amide bonds. The number of sulfonamides is 1. The first-order chi connectivity index (χ1) is 23.9. The van der Waals surface area contributed by atoms with Crippen molar-refractivity contribution in [3.05, 3.63) is 60.2 Å². The van der Waals surface area contributed by atoms with Crippen LogP contribution < -0.4 is 10.2 Å². The summed E-state index contributed by atoms with van der Waals surface area (Å²) in [6, 6.07) is 16.0. The lowest BCUT2D eigenvalue weighted by molar-refractivity contribution is -0.0923. The normalized spacial score (nSPS) is 21.0. The highest BCUT2D eigenvalue weighted by atomic mass is 32.2. The molecule has 0 bridgehead atoms. The Bertz CT molecular complexity index is 1660. The number of anilines is 1. The summed E-state index contributed by atoms with van der Waals surface area (Å²) in [4.78, 5) is 26.3. The van der Waals surface area contributed by atoms with Gasteiger partial charge in [-0.05, 0) is 75.6 Å². The minimum absolute atomic E-state index is 0.0358. The summed E-state index contributed by atoms with van der Waals surface area (Å²) in [5, 5.41) is 34.8. The molecule has 0 saturated carbocycles. The van der Waals surface area contributed by atoms with Crippen molar-refractivity contribution in [1.82, 2.24) is 9.62 Å². The number of rotatable bonds is 15. The van der Waals surface area contributed by atoms with Crippen LogP contribution in [0.5, 0.6) is 0 Å². The van der Waals surface area contributed by atoms with Crippen LogP contribution in [0.1, 0.15) is 65.9 Å². The van der Waals surface area contributed by atoms with Crippen molar-refractivity contribution >= 4 is 27.9 Å². The maximum absolute atomic E-state index is 14.9. The lowest BCUT2D eigenvalue weighted by Crippen LogP contribution is -2.65. The number of hydrogen-bond donors (Lipinski definition) is 3. The fraction of sp³-hybridized carbons (Fsp3) is 0.595. The second-order valence-corrected chi connectivity index (χ2v) is 17.2. The molecule has 14 heteroatoms. The van der Waals surface area contributed by atoms with Crippen LogP contribution in [-0.4, -0.2) is 92.0 Å². The number of aliphatic hydroxyl groups is 1. The minimum Gasteiger partial charge on any atom is -0.465 e. The molecule has 2 heterocycles. The van der Waals surface area contributed by atoms with E-state index in [1.807, 2.05) is 44.2 Å². The van der Waals surface area contributed by atoms with Gasteiger partial charge in [0.1, 0.15) is 11.2 Å². The molecular formula is C37H52N4O9S. The van der Waals surface area contributed by atoms with E-state index in [0.29, 0.717) is 32.3 Å². The number of nitrogens with one attached hydrogen (secondary N) is 1. The van der Waals surface area contributed by atoms with Crippen LogP contribution in [0.3, 0.4) is 0 Å². The van der Waals surface area contributed by atoms with E-state index in [-0.39, 0.29) is 36.1 Å². The van der Waals surface area contributed by atoms with Gasteiger partial charge in [0.25, 0.3) is 0 Å². The van der Waals surface area contributed by atoms with Gasteiger partial charge in [-0.2, -0.15) is 9.57 Å². The lowest BCUT2D eigenvalue weighted by Gasteiger charge is -2.45. The quantitative estimate of drug-likeness (QED) is 0.202. The van der Waals surface area contributed by atoms with Crippen molar-refractivity contribution in [2.45, 2.75) is 95.2 Å². The average molecular weight is 729 g/mol. The molecule has 0 aromatic heterocycles. The lowest BCUT2D eigenvalue weighted by atomic mass is 9.72. The second-order valence-electron chi connectivity index (χ2n) is 15.3. The van der Waals surface area contributed by atoms with Crippen molar-refractivity contribution in [2.24, 2.45) is 17.3 Å². The molecule has 3 N–H and O–H groups in total. The van der Waals surface area contributed by atoms with Gasteiger partial charge in [-0.3, -0.25) is 4.90 Å². The van der Waals surface area contributed by atoms with Gasteiger partial charge < -0.3 is 29.7 Å². The van der Waals surface area contributed by atoms with E-state index in [4.69, 9.17) is 14.2 Å². The minimum atomic E-state index is -4.42. The molecule has 0 unspecified atom stereocenters. The largest absolute Gasteiger partial charge is 0.465 e. The maximum atomic E-state index is 14.9. The molecule has 0 radical (unpaired) electrons. The Kier molecular flexibility index (Phi) is 12.8. The summed E-state index contributed by atoms with van der Waals surface area (Å²) in [5.74, 6) is -0.988. The number of fused-ring (bicyclic) bond motifs is 1. The van der Waals surface area contributed by atoms with Gasteiger partial charge in [0, 0.05) is 44.1 Å². The van der Waals surface area contributed by atoms with Gasteiger partial charge >= 0.3 is 12.2 Å². The molecule has 2 aliphatic heterocycles. The van der Waals surface area contributed by atoms with Crippen LogP contribution in [0.4, 0.5) is 15.3 Å². The monoisotopic (exact) mass is 728 g/mol. The van der Waals surface area contributed by atoms with E-state index in [9.17, 15) is 33.5 Å². The molecule has 51 heavy (non-hydrogen) atoms. The standard InChI is InChI=1S/C37H52N4O9S/c1-35(2,3)50-34(44)40(6)27-15-12-16-28(22-27)51(46,47)41(24-36(4,5)18-10-11-19-38)25-37(45,30-23-49-32-29(30)17-20-48-32)31(39-33(42)43)21-26-13-8-7-9-14-26/h7-9,12-16,22,29-32,39,45H,10-11,17-18,20-21,23-25H2,1-6H3,(H,42,43)/t29-,30-,31-,32+,37-/m0/s1. The number of benzene rings is 2. The van der Waals surface area contributed by atoms with E-state index in [1.54, 1.807) is 26.8 Å². The van der Waals surface area contributed by atoms with Gasteiger partial charge in [0.2, 0.25) is 10.0 Å². The maximum Gasteiger partial charge on any atom is 0.414 e. The van der Waals surface area contributed by atoms with Crippen LogP contribution >= 0.6 is 0 Å². The smallest absolute Gasteiger partial charge is 0.414 e. The van der Waals surface area contributed by atoms with Gasteiger partial charge in [-0.15, -0.1) is 0 Å². The van der Waals surface area contributed by atoms with Crippen LogP contribution in [0, 0.1) is 28.6 Å². The summed E-state index contributed by atoms with van der Waals surface area (Å²) in [6.07, 6.45) is -0.663. The first-order valence-corrected chi connectivity index (χ1v) is 18.7. The third-order valence-corrected chi connectivity index (χ3v) is 11.3. The molecule has 13 nitrogen and oxygen atoms in total. The Morgan fingerprint density at radius 1 is 1.08 bits per heavy atom. The van der Waals surface area contributed by atoms with E-state index < -0.39 is 63.6 Å². The van der Waals surface area contributed by atoms with E-state index in [1.165, 1.54) is 34.5 Å². The van der Waals surface area contributed by atoms with Crippen LogP contribution in [-0.2, 0) is 30.7 Å². The highest BCUT2D eigenvalue weighted by molar-refractivity contribution is 7.89. The molecule has 4 rings (SSSR count).